The van der Waals surface area contributed by atoms with Crippen LogP contribution >= 0.6 is 21.6 Å². The number of aliphatic carboxylic acids is 1. The van der Waals surface area contributed by atoms with Crippen LogP contribution in [0, 0.1) is 17.8 Å². The van der Waals surface area contributed by atoms with E-state index in [0.29, 0.717) is 46.0 Å². The summed E-state index contributed by atoms with van der Waals surface area (Å²) in [5, 5.41) is 69.0. The molecule has 0 aliphatic carbocycles. The first-order valence-corrected chi connectivity index (χ1v) is 40.5. The number of rotatable bonds is 26. The number of carbonyl (C=O) groups excluding carboxylic acids is 14. The van der Waals surface area contributed by atoms with E-state index in [2.05, 4.69) is 58.2 Å². The molecule has 0 saturated carbocycles. The van der Waals surface area contributed by atoms with Gasteiger partial charge in [-0.1, -0.05) is 137 Å². The predicted octanol–water partition coefficient (Wildman–Crippen LogP) is -1.64. The molecule has 1 saturated heterocycles. The number of amides is 11. The van der Waals surface area contributed by atoms with Gasteiger partial charge in [0.15, 0.2) is 17.3 Å². The molecule has 1 aliphatic rings. The van der Waals surface area contributed by atoms with Crippen LogP contribution in [0.2, 0.25) is 0 Å². The van der Waals surface area contributed by atoms with Gasteiger partial charge in [0.05, 0.1) is 61.9 Å². The molecule has 5 aromatic rings. The van der Waals surface area contributed by atoms with Crippen LogP contribution in [0.3, 0.4) is 0 Å². The summed E-state index contributed by atoms with van der Waals surface area (Å²) in [6.07, 6.45) is -4.59. The summed E-state index contributed by atoms with van der Waals surface area (Å²) in [5.74, 6) is -20.5. The fraction of sp³-hybridized carbons (Fsp3) is 0.481. The molecule has 15 atom stereocenters. The lowest BCUT2D eigenvalue weighted by Gasteiger charge is -2.28. The third-order valence-corrected chi connectivity index (χ3v) is 21.7. The Bertz CT molecular complexity index is 4120. The van der Waals surface area contributed by atoms with Crippen LogP contribution in [0.1, 0.15) is 107 Å². The zero-order chi connectivity index (χ0) is 84.3. The van der Waals surface area contributed by atoms with Crippen molar-refractivity contribution < 1.29 is 92.3 Å². The number of hydrogen-bond acceptors (Lipinski definition) is 23. The van der Waals surface area contributed by atoms with E-state index < -0.39 is 229 Å². The topological polar surface area (TPSA) is 577 Å². The Labute approximate surface area is 673 Å². The summed E-state index contributed by atoms with van der Waals surface area (Å²) in [6, 6.07) is 16.0. The summed E-state index contributed by atoms with van der Waals surface area (Å²) in [4.78, 5) is 218. The molecule has 0 spiro atoms. The molecule has 115 heavy (non-hydrogen) atoms. The van der Waals surface area contributed by atoms with Gasteiger partial charge < -0.3 is 102 Å². The molecule has 1 aliphatic heterocycles. The smallest absolute Gasteiger partial charge is 0.327 e. The molecule has 23 N–H and O–H groups in total. The minimum atomic E-state index is -1.93. The van der Waals surface area contributed by atoms with Gasteiger partial charge in [0.1, 0.15) is 36.3 Å². The Hall–Kier alpha value is -10.5. The zero-order valence-electron chi connectivity index (χ0n) is 64.4. The first-order chi connectivity index (χ1) is 54.9. The minimum Gasteiger partial charge on any atom is -0.480 e. The van der Waals surface area contributed by atoms with E-state index in [-0.39, 0.29) is 64.5 Å². The van der Waals surface area contributed by atoms with Crippen molar-refractivity contribution in [2.75, 3.05) is 37.7 Å². The molecule has 0 radical (unpaired) electrons. The zero-order valence-corrected chi connectivity index (χ0v) is 66.0. The van der Waals surface area contributed by atoms with Crippen LogP contribution in [-0.4, -0.2) is 224 Å². The normalized spacial score (nSPS) is 24.0. The Balaban J connectivity index is 1.47. The lowest BCUT2D eigenvalue weighted by atomic mass is 9.87. The number of Topliss-reactive ketones (excluding diaryl/α,β-unsaturated/α-hetero) is 3. The van der Waals surface area contributed by atoms with Crippen molar-refractivity contribution in [3.05, 3.63) is 144 Å². The third-order valence-electron chi connectivity index (χ3n) is 19.2. The number of primary amides is 1. The van der Waals surface area contributed by atoms with Crippen LogP contribution in [0.5, 0.6) is 0 Å². The highest BCUT2D eigenvalue weighted by molar-refractivity contribution is 8.76. The molecule has 4 aromatic carbocycles. The Kier molecular flexibility index (Phi) is 39.0. The van der Waals surface area contributed by atoms with Crippen LogP contribution in [0.4, 0.5) is 0 Å². The van der Waals surface area contributed by atoms with Gasteiger partial charge in [-0.2, -0.15) is 0 Å². The molecule has 0 unspecified atom stereocenters. The maximum absolute atomic E-state index is 15.5. The van der Waals surface area contributed by atoms with Crippen molar-refractivity contribution in [3.63, 3.8) is 0 Å². The highest BCUT2D eigenvalue weighted by Gasteiger charge is 2.40. The quantitative estimate of drug-likeness (QED) is 0.0218. The molecular formula is C79H107N15O19S2. The van der Waals surface area contributed by atoms with Crippen LogP contribution in [0.25, 0.3) is 10.9 Å². The molecule has 624 valence electrons. The number of carbonyl (C=O) groups is 15. The van der Waals surface area contributed by atoms with Gasteiger partial charge in [-0.3, -0.25) is 67.1 Å². The number of carboxylic acid groups (broad SMARTS) is 1. The Morgan fingerprint density at radius 2 is 0.983 bits per heavy atom. The Morgan fingerprint density at radius 1 is 0.504 bits per heavy atom. The number of hydrogen-bond donors (Lipinski definition) is 19. The maximum Gasteiger partial charge on any atom is 0.327 e. The van der Waals surface area contributed by atoms with E-state index in [1.165, 1.54) is 13.8 Å². The van der Waals surface area contributed by atoms with Gasteiger partial charge >= 0.3 is 5.97 Å². The molecule has 1 aromatic heterocycles. The molecule has 11 amide bonds. The number of unbranched alkanes of at least 4 members (excludes halogenated alkanes) is 2. The van der Waals surface area contributed by atoms with Gasteiger partial charge in [0.25, 0.3) is 0 Å². The average Bonchev–Trinajstić information content (AvgIpc) is 1.71. The van der Waals surface area contributed by atoms with E-state index in [1.54, 1.807) is 121 Å². The third kappa shape index (κ3) is 31.0. The van der Waals surface area contributed by atoms with Crippen molar-refractivity contribution in [1.29, 1.82) is 0 Å². The molecule has 1 fully saturated rings. The minimum absolute atomic E-state index is 0.0253. The van der Waals surface area contributed by atoms with Crippen LogP contribution in [-0.2, 0) is 97.6 Å². The second-order valence-electron chi connectivity index (χ2n) is 28.5. The lowest BCUT2D eigenvalue weighted by Crippen LogP contribution is -2.59. The Morgan fingerprint density at radius 3 is 1.54 bits per heavy atom. The van der Waals surface area contributed by atoms with Gasteiger partial charge in [-0.15, -0.1) is 0 Å². The van der Waals surface area contributed by atoms with E-state index in [4.69, 9.17) is 22.9 Å². The molecule has 6 rings (SSSR count). The summed E-state index contributed by atoms with van der Waals surface area (Å²) in [5.41, 5.74) is 26.0. The van der Waals surface area contributed by atoms with E-state index in [1.807, 2.05) is 0 Å². The van der Waals surface area contributed by atoms with Gasteiger partial charge in [-0.25, -0.2) is 4.79 Å². The maximum atomic E-state index is 15.5. The van der Waals surface area contributed by atoms with Crippen LogP contribution < -0.4 is 76.1 Å². The number of carboxylic acids is 1. The SMILES string of the molecule is C[C@H](N)C(=O)NCC(=O)N[C@H]1CSSC[C@@H](C(=O)O)NC(=O)[C@H](CO)NC(=O)[C@H]([C@@H](C)O)CC(=O)[C@H](Cc2ccccc2)NC(=O)[C@H]([C@@H](C)O)NC(=O)[C@H](CCCCN)CC(=O)[C@H](Cc2c[nH]c3ccccc23)NC(=O)[C@H](Cc2ccccc2)CC(=O)[C@H](Cc2ccccc2)NC(=O)[C@H](CC(N)=O)NC(=O)[C@H](CCCCN)NC1=O. The highest BCUT2D eigenvalue weighted by Crippen LogP contribution is 2.27. The second-order valence-corrected chi connectivity index (χ2v) is 31.0. The van der Waals surface area contributed by atoms with Crippen molar-refractivity contribution in [3.8, 4) is 0 Å². The number of aliphatic hydroxyl groups is 3. The molecule has 34 nitrogen and oxygen atoms in total. The number of H-pyrrole nitrogens is 1. The number of aromatic amines is 1. The standard InChI is InChI=1S/C79H107N15O19S2/c1-44(82)70(103)85-40-68(102)86-62-42-114-115-43-63(79(112)113)93-76(109)61(41-95)92-73(106)54(45(2)96)37-66(100)58(33-49-23-11-6-12-24-49)90-78(111)69(46(3)97)94-71(104)50(25-15-17-29-80)35-64(98)59(34-52-39-84-55-27-14-13-26-53(52)55)88-72(105)51(31-47-19-7-4-8-20-47)36-65(99)57(32-48-21-9-5-10-22-48)89-75(108)60(38-67(83)101)91-74(107)56(87-77(62)110)28-16-18-30-81/h4-14,19-24,26-27,39,44-46,50-51,54,56-63,69,84,95-97H,15-18,25,28-38,40-43,80-82H2,1-3H3,(H2,83,101)(H,85,103)(H,86,102)(H,87,110)(H,88,105)(H,89,108)(H,90,111)(H,91,107)(H,92,106)(H,93,109)(H,94,104)(H,112,113)/t44-,45+,46+,50+,51+,54-,56-,57-,58-,59-,60-,61-,62-,63-,69-/m0/s1. The first kappa shape index (κ1) is 93.4. The molecule has 0 bridgehead atoms. The fourth-order valence-corrected chi connectivity index (χ4v) is 15.0. The van der Waals surface area contributed by atoms with Crippen molar-refractivity contribution >= 4 is 121 Å². The first-order valence-electron chi connectivity index (χ1n) is 38.0. The summed E-state index contributed by atoms with van der Waals surface area (Å²) in [7, 11) is 1.52. The average molecular weight is 1630 g/mol. The van der Waals surface area contributed by atoms with Gasteiger partial charge in [0, 0.05) is 66.1 Å². The second kappa shape index (κ2) is 48.0. The highest BCUT2D eigenvalue weighted by atomic mass is 33.1. The molecule has 36 heteroatoms. The van der Waals surface area contributed by atoms with Crippen molar-refractivity contribution in [2.45, 2.75) is 183 Å². The largest absolute Gasteiger partial charge is 0.480 e. The van der Waals surface area contributed by atoms with E-state index in [0.717, 1.165) is 28.5 Å². The summed E-state index contributed by atoms with van der Waals surface area (Å²) in [6.45, 7) is 2.09. The molecular weight excluding hydrogens is 1530 g/mol. The van der Waals surface area contributed by atoms with Crippen LogP contribution in [0.15, 0.2) is 121 Å². The predicted molar refractivity (Wildman–Crippen MR) is 428 cm³/mol. The number of nitrogens with two attached hydrogens (primary N) is 4. The van der Waals surface area contributed by atoms with Gasteiger partial charge in [0.2, 0.25) is 65.0 Å². The summed E-state index contributed by atoms with van der Waals surface area (Å²) < 4.78 is 0. The number of ketones is 3. The van der Waals surface area contributed by atoms with Crippen molar-refractivity contribution in [2.24, 2.45) is 40.7 Å². The van der Waals surface area contributed by atoms with Crippen molar-refractivity contribution in [1.82, 2.24) is 58.2 Å². The molecule has 2 heterocycles. The lowest BCUT2D eigenvalue weighted by molar-refractivity contribution is -0.142. The number of nitrogens with one attached hydrogen (secondary N) is 11. The van der Waals surface area contributed by atoms with E-state index >= 15 is 14.4 Å². The fourth-order valence-electron chi connectivity index (χ4n) is 12.7. The number of fused-ring (bicyclic) bond motifs is 1. The van der Waals surface area contributed by atoms with E-state index in [9.17, 15) is 78.0 Å². The number of benzene rings is 4. The monoisotopic (exact) mass is 1630 g/mol. The number of aromatic nitrogens is 1. The van der Waals surface area contributed by atoms with Gasteiger partial charge in [-0.05, 0) is 114 Å². The number of para-hydroxylation sites is 1. The number of aliphatic hydroxyl groups excluding tert-OH is 3. The summed E-state index contributed by atoms with van der Waals surface area (Å²) >= 11 is 0.